The predicted molar refractivity (Wildman–Crippen MR) is 93.5 cm³/mol. The topological polar surface area (TPSA) is 56.5 Å². The number of methoxy groups -OCH3 is 1. The Morgan fingerprint density at radius 2 is 2.08 bits per heavy atom. The van der Waals surface area contributed by atoms with E-state index in [1.54, 1.807) is 12.5 Å². The molecule has 3 aliphatic rings. The van der Waals surface area contributed by atoms with Crippen molar-refractivity contribution in [3.05, 3.63) is 40.9 Å². The normalized spacial score (nSPS) is 34.4. The van der Waals surface area contributed by atoms with Gasteiger partial charge in [0.2, 0.25) is 0 Å². The first-order valence-corrected chi connectivity index (χ1v) is 8.94. The van der Waals surface area contributed by atoms with Gasteiger partial charge in [0, 0.05) is 17.6 Å². The highest BCUT2D eigenvalue weighted by molar-refractivity contribution is 6.12. The van der Waals surface area contributed by atoms with E-state index in [9.17, 15) is 9.59 Å². The summed E-state index contributed by atoms with van der Waals surface area (Å²) >= 11 is 0. The Balaban J connectivity index is 2.01. The molecule has 3 unspecified atom stereocenters. The maximum absolute atomic E-state index is 13.2. The van der Waals surface area contributed by atoms with Crippen LogP contribution in [0.3, 0.4) is 0 Å². The maximum atomic E-state index is 13.2. The molecule has 3 aliphatic carbocycles. The Hall–Kier alpha value is -2.10. The number of allylic oxidation sites excluding steroid dienone is 3. The van der Waals surface area contributed by atoms with Crippen molar-refractivity contribution < 1.29 is 18.7 Å². The van der Waals surface area contributed by atoms with Gasteiger partial charge in [0.1, 0.15) is 0 Å². The second-order valence-corrected chi connectivity index (χ2v) is 8.18. The van der Waals surface area contributed by atoms with Crippen LogP contribution in [0.5, 0.6) is 0 Å². The minimum atomic E-state index is -0.835. The third-order valence-corrected chi connectivity index (χ3v) is 6.85. The van der Waals surface area contributed by atoms with Crippen LogP contribution >= 0.6 is 0 Å². The molecule has 0 fully saturated rings. The van der Waals surface area contributed by atoms with Crippen LogP contribution in [0.15, 0.2) is 39.7 Å². The first kappa shape index (κ1) is 16.4. The summed E-state index contributed by atoms with van der Waals surface area (Å²) in [6, 6.07) is 1.93. The number of hydrogen-bond acceptors (Lipinski definition) is 4. The summed E-state index contributed by atoms with van der Waals surface area (Å²) in [5.41, 5.74) is 4.19. The van der Waals surface area contributed by atoms with Crippen molar-refractivity contribution in [3.63, 3.8) is 0 Å². The van der Waals surface area contributed by atoms with Gasteiger partial charge in [-0.1, -0.05) is 13.8 Å². The lowest BCUT2D eigenvalue weighted by molar-refractivity contribution is -0.151. The van der Waals surface area contributed by atoms with Crippen LogP contribution in [0.2, 0.25) is 0 Å². The first-order chi connectivity index (χ1) is 11.8. The largest absolute Gasteiger partial charge is 0.472 e. The van der Waals surface area contributed by atoms with Gasteiger partial charge in [-0.2, -0.15) is 0 Å². The predicted octanol–water partition coefficient (Wildman–Crippen LogP) is 4.32. The average Bonchev–Trinajstić information content (AvgIpc) is 3.20. The highest BCUT2D eigenvalue weighted by Crippen LogP contribution is 2.64. The fourth-order valence-electron chi connectivity index (χ4n) is 5.18. The zero-order valence-electron chi connectivity index (χ0n) is 15.3. The number of rotatable bonds is 2. The fourth-order valence-corrected chi connectivity index (χ4v) is 5.18. The number of ether oxygens (including phenoxy) is 1. The molecule has 0 aromatic carbocycles. The molecule has 0 radical (unpaired) electrons. The highest BCUT2D eigenvalue weighted by Gasteiger charge is 2.57. The lowest BCUT2D eigenvalue weighted by atomic mass is 9.57. The van der Waals surface area contributed by atoms with Crippen molar-refractivity contribution in [2.75, 3.05) is 7.11 Å². The van der Waals surface area contributed by atoms with Gasteiger partial charge in [0.15, 0.2) is 5.78 Å². The molecule has 1 aromatic heterocycles. The summed E-state index contributed by atoms with van der Waals surface area (Å²) in [7, 11) is 1.41. The molecule has 0 spiro atoms. The molecule has 0 N–H and O–H groups in total. The van der Waals surface area contributed by atoms with Crippen LogP contribution in [0.25, 0.3) is 5.57 Å². The van der Waals surface area contributed by atoms with Crippen molar-refractivity contribution in [2.24, 2.45) is 16.7 Å². The number of furan rings is 1. The van der Waals surface area contributed by atoms with Gasteiger partial charge in [-0.3, -0.25) is 9.59 Å². The smallest absolute Gasteiger partial charge is 0.316 e. The molecular weight excluding hydrogens is 316 g/mol. The SMILES string of the molecule is COC(=O)C1(C)CC(=O)C2=C(c3ccoc3)CC3(C)C2=C1CCC3C. The monoisotopic (exact) mass is 340 g/mol. The van der Waals surface area contributed by atoms with Gasteiger partial charge < -0.3 is 9.15 Å². The van der Waals surface area contributed by atoms with E-state index in [0.29, 0.717) is 5.92 Å². The van der Waals surface area contributed by atoms with Crippen LogP contribution < -0.4 is 0 Å². The van der Waals surface area contributed by atoms with E-state index in [2.05, 4.69) is 13.8 Å². The molecular formula is C21H24O4. The van der Waals surface area contributed by atoms with E-state index >= 15 is 0 Å². The lowest BCUT2D eigenvalue weighted by Gasteiger charge is -2.46. The maximum Gasteiger partial charge on any atom is 0.316 e. The van der Waals surface area contributed by atoms with Gasteiger partial charge in [-0.25, -0.2) is 0 Å². The van der Waals surface area contributed by atoms with Gasteiger partial charge >= 0.3 is 5.97 Å². The van der Waals surface area contributed by atoms with Crippen LogP contribution in [-0.2, 0) is 14.3 Å². The zero-order valence-corrected chi connectivity index (χ0v) is 15.3. The number of ketones is 1. The molecule has 4 rings (SSSR count). The molecule has 4 heteroatoms. The van der Waals surface area contributed by atoms with Gasteiger partial charge in [0.05, 0.1) is 25.1 Å². The van der Waals surface area contributed by atoms with E-state index in [0.717, 1.165) is 47.1 Å². The third-order valence-electron chi connectivity index (χ3n) is 6.85. The van der Waals surface area contributed by atoms with E-state index in [4.69, 9.17) is 9.15 Å². The standard InChI is InChI=1S/C21H24O4/c1-12-5-6-15-18-17(16(22)10-21(15,3)19(23)24-4)14(9-20(12,18)2)13-7-8-25-11-13/h7-8,11-12H,5-6,9-10H2,1-4H3. The molecule has 0 saturated heterocycles. The Kier molecular flexibility index (Phi) is 3.40. The van der Waals surface area contributed by atoms with E-state index in [-0.39, 0.29) is 23.6 Å². The molecule has 132 valence electrons. The third kappa shape index (κ3) is 2.00. The summed E-state index contributed by atoms with van der Waals surface area (Å²) in [4.78, 5) is 25.7. The Morgan fingerprint density at radius 1 is 1.32 bits per heavy atom. The van der Waals surface area contributed by atoms with Crippen LogP contribution in [-0.4, -0.2) is 18.9 Å². The lowest BCUT2D eigenvalue weighted by Crippen LogP contribution is -2.43. The van der Waals surface area contributed by atoms with Crippen molar-refractivity contribution in [2.45, 2.75) is 46.5 Å². The number of carbonyl (C=O) groups excluding carboxylic acids is 2. The fraction of sp³-hybridized carbons (Fsp3) is 0.524. The molecule has 0 saturated carbocycles. The molecule has 0 amide bonds. The minimum absolute atomic E-state index is 0.0562. The minimum Gasteiger partial charge on any atom is -0.472 e. The number of esters is 1. The first-order valence-electron chi connectivity index (χ1n) is 8.94. The summed E-state index contributed by atoms with van der Waals surface area (Å²) in [6.07, 6.45) is 6.27. The summed E-state index contributed by atoms with van der Waals surface area (Å²) in [5.74, 6) is 0.218. The van der Waals surface area contributed by atoms with Crippen molar-refractivity contribution in [1.29, 1.82) is 0 Å². The zero-order chi connectivity index (χ0) is 18.0. The van der Waals surface area contributed by atoms with Crippen molar-refractivity contribution in [1.82, 2.24) is 0 Å². The van der Waals surface area contributed by atoms with Crippen molar-refractivity contribution in [3.8, 4) is 0 Å². The second-order valence-electron chi connectivity index (χ2n) is 8.18. The molecule has 0 bridgehead atoms. The van der Waals surface area contributed by atoms with Gasteiger partial charge in [0.25, 0.3) is 0 Å². The molecule has 1 heterocycles. The number of Topliss-reactive ketones (excluding diaryl/α,β-unsaturated/α-hetero) is 1. The molecule has 4 nitrogen and oxygen atoms in total. The molecule has 3 atom stereocenters. The quantitative estimate of drug-likeness (QED) is 0.752. The Bertz CT molecular complexity index is 826. The summed E-state index contributed by atoms with van der Waals surface area (Å²) in [5, 5.41) is 0. The number of carbonyl (C=O) groups is 2. The summed E-state index contributed by atoms with van der Waals surface area (Å²) in [6.45, 7) is 6.38. The number of hydrogen-bond donors (Lipinski definition) is 0. The molecule has 0 aliphatic heterocycles. The van der Waals surface area contributed by atoms with Gasteiger partial charge in [-0.05, 0) is 60.3 Å². The van der Waals surface area contributed by atoms with E-state index in [1.807, 2.05) is 13.0 Å². The van der Waals surface area contributed by atoms with E-state index in [1.165, 1.54) is 7.11 Å². The average molecular weight is 340 g/mol. The van der Waals surface area contributed by atoms with Gasteiger partial charge in [-0.15, -0.1) is 0 Å². The second kappa shape index (κ2) is 5.20. The van der Waals surface area contributed by atoms with Crippen LogP contribution in [0.4, 0.5) is 0 Å². The van der Waals surface area contributed by atoms with Crippen LogP contribution in [0, 0.1) is 16.7 Å². The van der Waals surface area contributed by atoms with Crippen LogP contribution in [0.1, 0.15) is 52.0 Å². The molecule has 25 heavy (non-hydrogen) atoms. The Morgan fingerprint density at radius 3 is 2.72 bits per heavy atom. The molecule has 1 aromatic rings. The van der Waals surface area contributed by atoms with Crippen molar-refractivity contribution >= 4 is 17.3 Å². The Labute approximate surface area is 147 Å². The summed E-state index contributed by atoms with van der Waals surface area (Å²) < 4.78 is 10.4. The van der Waals surface area contributed by atoms with E-state index < -0.39 is 5.41 Å². The highest BCUT2D eigenvalue weighted by atomic mass is 16.5.